The van der Waals surface area contributed by atoms with Gasteiger partial charge in [0.15, 0.2) is 5.82 Å². The Morgan fingerprint density at radius 3 is 2.92 bits per heavy atom. The monoisotopic (exact) mass is 344 g/mol. The van der Waals surface area contributed by atoms with Crippen molar-refractivity contribution in [2.75, 3.05) is 17.7 Å². The van der Waals surface area contributed by atoms with Gasteiger partial charge in [0, 0.05) is 7.11 Å². The van der Waals surface area contributed by atoms with E-state index in [4.69, 9.17) is 4.74 Å². The van der Waals surface area contributed by atoms with Gasteiger partial charge in [0.25, 0.3) is 5.91 Å². The third-order valence-corrected chi connectivity index (χ3v) is 3.50. The normalized spacial score (nSPS) is 16.4. The number of para-hydroxylation sites is 1. The average Bonchev–Trinajstić information content (AvgIpc) is 2.97. The second kappa shape index (κ2) is 7.09. The van der Waals surface area contributed by atoms with E-state index in [-0.39, 0.29) is 19.0 Å². The van der Waals surface area contributed by atoms with Crippen molar-refractivity contribution in [3.05, 3.63) is 35.7 Å². The summed E-state index contributed by atoms with van der Waals surface area (Å²) in [5, 5.41) is 14.1. The van der Waals surface area contributed by atoms with Crippen molar-refractivity contribution in [2.24, 2.45) is 0 Å². The highest BCUT2D eigenvalue weighted by molar-refractivity contribution is 6.11. The largest absolute Gasteiger partial charge is 0.377 e. The van der Waals surface area contributed by atoms with Gasteiger partial charge in [0.05, 0.1) is 17.7 Å². The predicted octanol–water partition coefficient (Wildman–Crippen LogP) is 0.0304. The number of rotatable bonds is 5. The van der Waals surface area contributed by atoms with Gasteiger partial charge < -0.3 is 15.4 Å². The van der Waals surface area contributed by atoms with Gasteiger partial charge in [-0.05, 0) is 12.1 Å². The number of nitrogens with zero attached hydrogens (tertiary/aromatic N) is 2. The molecule has 3 rings (SSSR count). The molecule has 1 atom stereocenters. The highest BCUT2D eigenvalue weighted by Gasteiger charge is 2.29. The number of hydrogen-bond acceptors (Lipinski definition) is 6. The number of carbonyl (C=O) groups is 3. The summed E-state index contributed by atoms with van der Waals surface area (Å²) in [5.74, 6) is -0.876. The van der Waals surface area contributed by atoms with Crippen LogP contribution in [-0.2, 0) is 20.9 Å². The van der Waals surface area contributed by atoms with Crippen molar-refractivity contribution in [3.63, 3.8) is 0 Å². The highest BCUT2D eigenvalue weighted by atomic mass is 16.5. The Kier molecular flexibility index (Phi) is 4.70. The standard InChI is InChI=1S/C15H16N6O4/c1-25-7-11-18-15(21-20-11)19-12(22)6-10-14(24)16-9-5-3-2-4-8(9)13(23)17-10/h2-5,10H,6-7H2,1H3,(H,16,24)(H,17,23)(H2,18,19,20,21,22). The summed E-state index contributed by atoms with van der Waals surface area (Å²) in [5.41, 5.74) is 0.753. The van der Waals surface area contributed by atoms with Crippen LogP contribution in [0, 0.1) is 0 Å². The van der Waals surface area contributed by atoms with E-state index in [0.717, 1.165) is 0 Å². The summed E-state index contributed by atoms with van der Waals surface area (Å²) >= 11 is 0. The minimum atomic E-state index is -1.00. The van der Waals surface area contributed by atoms with Crippen molar-refractivity contribution in [3.8, 4) is 0 Å². The van der Waals surface area contributed by atoms with E-state index in [1.165, 1.54) is 7.11 Å². The smallest absolute Gasteiger partial charge is 0.254 e. The van der Waals surface area contributed by atoms with E-state index in [0.29, 0.717) is 17.1 Å². The maximum absolute atomic E-state index is 12.2. The number of aromatic amines is 1. The van der Waals surface area contributed by atoms with Gasteiger partial charge in [-0.1, -0.05) is 12.1 Å². The van der Waals surface area contributed by atoms with E-state index >= 15 is 0 Å². The Morgan fingerprint density at radius 1 is 1.32 bits per heavy atom. The Bertz CT molecular complexity index is 818. The summed E-state index contributed by atoms with van der Waals surface area (Å²) in [6, 6.07) is 5.62. The van der Waals surface area contributed by atoms with Crippen LogP contribution in [0.25, 0.3) is 0 Å². The van der Waals surface area contributed by atoms with Gasteiger partial charge in [-0.2, -0.15) is 4.98 Å². The number of fused-ring (bicyclic) bond motifs is 1. The molecule has 1 unspecified atom stereocenters. The molecule has 4 N–H and O–H groups in total. The van der Waals surface area contributed by atoms with Gasteiger partial charge in [-0.3, -0.25) is 24.8 Å². The first-order valence-corrected chi connectivity index (χ1v) is 7.47. The summed E-state index contributed by atoms with van der Waals surface area (Å²) in [4.78, 5) is 40.6. The first kappa shape index (κ1) is 16.6. The van der Waals surface area contributed by atoms with Crippen LogP contribution in [0.4, 0.5) is 11.6 Å². The summed E-state index contributed by atoms with van der Waals surface area (Å²) < 4.78 is 4.89. The van der Waals surface area contributed by atoms with Crippen LogP contribution in [0.15, 0.2) is 24.3 Å². The molecule has 1 aromatic carbocycles. The number of benzene rings is 1. The van der Waals surface area contributed by atoms with E-state index in [2.05, 4.69) is 31.1 Å². The zero-order chi connectivity index (χ0) is 17.8. The first-order valence-electron chi connectivity index (χ1n) is 7.47. The number of aromatic nitrogens is 3. The lowest BCUT2D eigenvalue weighted by atomic mass is 10.1. The molecule has 130 valence electrons. The topological polar surface area (TPSA) is 138 Å². The van der Waals surface area contributed by atoms with Crippen molar-refractivity contribution in [1.29, 1.82) is 0 Å². The number of hydrogen-bond donors (Lipinski definition) is 4. The van der Waals surface area contributed by atoms with E-state index in [1.54, 1.807) is 24.3 Å². The highest BCUT2D eigenvalue weighted by Crippen LogP contribution is 2.18. The molecular formula is C15H16N6O4. The second-order valence-electron chi connectivity index (χ2n) is 5.35. The Labute approximate surface area is 142 Å². The number of H-pyrrole nitrogens is 1. The van der Waals surface area contributed by atoms with Gasteiger partial charge >= 0.3 is 0 Å². The zero-order valence-corrected chi connectivity index (χ0v) is 13.3. The third-order valence-electron chi connectivity index (χ3n) is 3.50. The fourth-order valence-corrected chi connectivity index (χ4v) is 2.37. The average molecular weight is 344 g/mol. The molecule has 2 heterocycles. The Balaban J connectivity index is 1.65. The molecule has 0 saturated carbocycles. The number of anilines is 2. The van der Waals surface area contributed by atoms with Crippen LogP contribution in [0.3, 0.4) is 0 Å². The zero-order valence-electron chi connectivity index (χ0n) is 13.3. The minimum absolute atomic E-state index is 0.0701. The molecule has 10 heteroatoms. The van der Waals surface area contributed by atoms with Gasteiger partial charge in [-0.25, -0.2) is 0 Å². The van der Waals surface area contributed by atoms with Crippen LogP contribution in [0.1, 0.15) is 22.6 Å². The van der Waals surface area contributed by atoms with Crippen LogP contribution in [0.5, 0.6) is 0 Å². The molecular weight excluding hydrogens is 328 g/mol. The summed E-state index contributed by atoms with van der Waals surface area (Å²) in [7, 11) is 1.51. The molecule has 3 amide bonds. The molecule has 0 aliphatic carbocycles. The van der Waals surface area contributed by atoms with Crippen molar-refractivity contribution in [2.45, 2.75) is 19.1 Å². The predicted molar refractivity (Wildman–Crippen MR) is 86.7 cm³/mol. The van der Waals surface area contributed by atoms with Gasteiger partial charge in [-0.15, -0.1) is 5.10 Å². The maximum Gasteiger partial charge on any atom is 0.254 e. The quantitative estimate of drug-likeness (QED) is 0.604. The lowest BCUT2D eigenvalue weighted by molar-refractivity contribution is -0.122. The third kappa shape index (κ3) is 3.80. The minimum Gasteiger partial charge on any atom is -0.377 e. The summed E-state index contributed by atoms with van der Waals surface area (Å²) in [6.07, 6.45) is -0.250. The Morgan fingerprint density at radius 2 is 2.12 bits per heavy atom. The Hall–Kier alpha value is -3.27. The molecule has 2 aromatic rings. The maximum atomic E-state index is 12.2. The molecule has 10 nitrogen and oxygen atoms in total. The lowest BCUT2D eigenvalue weighted by Gasteiger charge is -2.13. The number of methoxy groups -OCH3 is 1. The van der Waals surface area contributed by atoms with E-state index < -0.39 is 23.8 Å². The number of carbonyl (C=O) groups excluding carboxylic acids is 3. The molecule has 1 aliphatic rings. The number of ether oxygens (including phenoxy) is 1. The van der Waals surface area contributed by atoms with E-state index in [1.807, 2.05) is 0 Å². The molecule has 1 aliphatic heterocycles. The summed E-state index contributed by atoms with van der Waals surface area (Å²) in [6.45, 7) is 0.224. The second-order valence-corrected chi connectivity index (χ2v) is 5.35. The van der Waals surface area contributed by atoms with Crippen LogP contribution < -0.4 is 16.0 Å². The fourth-order valence-electron chi connectivity index (χ4n) is 2.37. The van der Waals surface area contributed by atoms with Crippen LogP contribution in [-0.4, -0.2) is 46.1 Å². The molecule has 1 aromatic heterocycles. The van der Waals surface area contributed by atoms with Crippen molar-refractivity contribution in [1.82, 2.24) is 20.5 Å². The van der Waals surface area contributed by atoms with E-state index in [9.17, 15) is 14.4 Å². The van der Waals surface area contributed by atoms with Crippen LogP contribution in [0.2, 0.25) is 0 Å². The molecule has 25 heavy (non-hydrogen) atoms. The van der Waals surface area contributed by atoms with Gasteiger partial charge in [0.1, 0.15) is 12.6 Å². The van der Waals surface area contributed by atoms with Gasteiger partial charge in [0.2, 0.25) is 17.8 Å². The molecule has 0 saturated heterocycles. The van der Waals surface area contributed by atoms with Crippen molar-refractivity contribution >= 4 is 29.4 Å². The van der Waals surface area contributed by atoms with Crippen LogP contribution >= 0.6 is 0 Å². The molecule has 0 radical (unpaired) electrons. The molecule has 0 bridgehead atoms. The SMILES string of the molecule is COCc1nc(NC(=O)CC2NC(=O)c3ccccc3NC2=O)n[nH]1. The first-order chi connectivity index (χ1) is 12.1. The number of nitrogens with one attached hydrogen (secondary N) is 4. The number of amides is 3. The fraction of sp³-hybridized carbons (Fsp3) is 0.267. The molecule has 0 fully saturated rings. The van der Waals surface area contributed by atoms with Crippen molar-refractivity contribution < 1.29 is 19.1 Å². The lowest BCUT2D eigenvalue weighted by Crippen LogP contribution is -2.43. The molecule has 0 spiro atoms.